The average molecular weight is 713 g/mol. The lowest BCUT2D eigenvalue weighted by Gasteiger charge is -2.30. The quantitative estimate of drug-likeness (QED) is 0.182. The Morgan fingerprint density at radius 2 is 0.893 bits per heavy atom. The van der Waals surface area contributed by atoms with Gasteiger partial charge in [-0.05, 0) is 68.3 Å². The van der Waals surface area contributed by atoms with Crippen molar-refractivity contribution in [3.8, 4) is 67.3 Å². The molecule has 0 saturated carbocycles. The zero-order chi connectivity index (χ0) is 36.8. The first kappa shape index (κ1) is 31.0. The molecule has 2 aliphatic rings. The third-order valence-corrected chi connectivity index (χ3v) is 11.9. The minimum atomic E-state index is -0.431. The summed E-state index contributed by atoms with van der Waals surface area (Å²) in [6.45, 7) is 0. The Balaban J connectivity index is 1.09. The summed E-state index contributed by atoms with van der Waals surface area (Å²) < 4.78 is 6.46. The third kappa shape index (κ3) is 4.28. The van der Waals surface area contributed by atoms with Crippen LogP contribution in [0.25, 0.3) is 89.2 Å². The van der Waals surface area contributed by atoms with Crippen LogP contribution in [0.4, 0.5) is 0 Å². The highest BCUT2D eigenvalue weighted by molar-refractivity contribution is 6.09. The summed E-state index contributed by atoms with van der Waals surface area (Å²) in [5.74, 6) is 0.676. The van der Waals surface area contributed by atoms with E-state index in [0.29, 0.717) is 5.82 Å². The number of para-hydroxylation sites is 2. The number of fused-ring (bicyclic) bond motifs is 13. The van der Waals surface area contributed by atoms with E-state index in [0.717, 1.165) is 61.1 Å². The molecule has 0 radical (unpaired) electrons. The molecule has 0 unspecified atom stereocenters. The Morgan fingerprint density at radius 1 is 0.357 bits per heavy atom. The molecule has 0 saturated heterocycles. The number of benzene rings is 8. The van der Waals surface area contributed by atoms with Crippen molar-refractivity contribution in [2.24, 2.45) is 0 Å². The fraction of sp³-hybridized carbons (Fsp3) is 0.0189. The van der Waals surface area contributed by atoms with Gasteiger partial charge in [0.15, 0.2) is 5.82 Å². The lowest BCUT2D eigenvalue weighted by atomic mass is 9.70. The van der Waals surface area contributed by atoms with E-state index >= 15 is 0 Å². The number of hydrogen-bond acceptors (Lipinski definition) is 3. The van der Waals surface area contributed by atoms with Gasteiger partial charge in [0.2, 0.25) is 0 Å². The van der Waals surface area contributed by atoms with E-state index < -0.39 is 5.41 Å². The molecule has 10 aromatic rings. The monoisotopic (exact) mass is 712 g/mol. The molecule has 3 heteroatoms. The van der Waals surface area contributed by atoms with Gasteiger partial charge in [-0.2, -0.15) is 0 Å². The number of rotatable bonds is 4. The Bertz CT molecular complexity index is 3170. The van der Waals surface area contributed by atoms with E-state index in [4.69, 9.17) is 14.4 Å². The molecule has 0 atom stereocenters. The van der Waals surface area contributed by atoms with Gasteiger partial charge in [0, 0.05) is 33.0 Å². The topological polar surface area (TPSA) is 38.9 Å². The van der Waals surface area contributed by atoms with Crippen molar-refractivity contribution in [3.63, 3.8) is 0 Å². The van der Waals surface area contributed by atoms with Gasteiger partial charge in [0.1, 0.15) is 11.2 Å². The SMILES string of the molecule is c1ccc(-c2cc(-c3cccc4c3-c3ccccc3C43c4ccccc4-c4ccccc43)nc(-c3cccc(-c4cccc5c4oc4ccccc45)c3)n2)cc1. The Labute approximate surface area is 324 Å². The van der Waals surface area contributed by atoms with Gasteiger partial charge in [0.25, 0.3) is 0 Å². The molecular formula is C53H32N2O. The van der Waals surface area contributed by atoms with E-state index in [1.54, 1.807) is 0 Å². The van der Waals surface area contributed by atoms with Crippen molar-refractivity contribution < 1.29 is 4.42 Å². The van der Waals surface area contributed by atoms with Gasteiger partial charge in [-0.1, -0.05) is 176 Å². The largest absolute Gasteiger partial charge is 0.455 e. The highest BCUT2D eigenvalue weighted by atomic mass is 16.3. The second-order valence-electron chi connectivity index (χ2n) is 14.8. The predicted octanol–water partition coefficient (Wildman–Crippen LogP) is 13.4. The second-order valence-corrected chi connectivity index (χ2v) is 14.8. The standard InChI is InChI=1S/C53H32N2O/c1-2-15-33(16-3-1)47-32-48(55-52(54-47)35-18-12-17-34(31-35)36-23-13-24-40-39-21-7-11-30-49(39)56-51(36)40)42-25-14-29-46-50(42)41-22-6-10-28-45(41)53(46)43-26-8-4-19-37(43)38-20-5-9-27-44(38)53/h1-32H. The molecular weight excluding hydrogens is 681 g/mol. The van der Waals surface area contributed by atoms with Crippen LogP contribution in [0.5, 0.6) is 0 Å². The van der Waals surface area contributed by atoms with E-state index in [-0.39, 0.29) is 0 Å². The fourth-order valence-corrected chi connectivity index (χ4v) is 9.63. The molecule has 3 nitrogen and oxygen atoms in total. The smallest absolute Gasteiger partial charge is 0.160 e. The Kier molecular flexibility index (Phi) is 6.55. The molecule has 12 rings (SSSR count). The maximum absolute atomic E-state index is 6.46. The van der Waals surface area contributed by atoms with Crippen LogP contribution in [0.1, 0.15) is 22.3 Å². The van der Waals surface area contributed by atoms with Crippen LogP contribution < -0.4 is 0 Å². The maximum atomic E-state index is 6.46. The summed E-state index contributed by atoms with van der Waals surface area (Å²) >= 11 is 0. The van der Waals surface area contributed by atoms with Crippen LogP contribution in [0, 0.1) is 0 Å². The lowest BCUT2D eigenvalue weighted by Crippen LogP contribution is -2.25. The summed E-state index contributed by atoms with van der Waals surface area (Å²) in [7, 11) is 0. The van der Waals surface area contributed by atoms with E-state index in [1.165, 1.54) is 44.5 Å². The summed E-state index contributed by atoms with van der Waals surface area (Å²) in [5, 5.41) is 2.23. The van der Waals surface area contributed by atoms with Crippen LogP contribution in [0.3, 0.4) is 0 Å². The van der Waals surface area contributed by atoms with Crippen LogP contribution in [-0.2, 0) is 5.41 Å². The third-order valence-electron chi connectivity index (χ3n) is 11.9. The number of furan rings is 1. The van der Waals surface area contributed by atoms with Crippen molar-refractivity contribution in [2.45, 2.75) is 5.41 Å². The minimum Gasteiger partial charge on any atom is -0.455 e. The van der Waals surface area contributed by atoms with Crippen molar-refractivity contribution in [3.05, 3.63) is 216 Å². The fourth-order valence-electron chi connectivity index (χ4n) is 9.63. The molecule has 56 heavy (non-hydrogen) atoms. The zero-order valence-electron chi connectivity index (χ0n) is 30.3. The number of aromatic nitrogens is 2. The lowest BCUT2D eigenvalue weighted by molar-refractivity contribution is 0.670. The first-order chi connectivity index (χ1) is 27.8. The van der Waals surface area contributed by atoms with Crippen molar-refractivity contribution in [2.75, 3.05) is 0 Å². The second kappa shape index (κ2) is 11.8. The molecule has 0 N–H and O–H groups in total. The van der Waals surface area contributed by atoms with Crippen molar-refractivity contribution in [1.29, 1.82) is 0 Å². The van der Waals surface area contributed by atoms with Gasteiger partial charge >= 0.3 is 0 Å². The summed E-state index contributed by atoms with van der Waals surface area (Å²) in [4.78, 5) is 10.7. The molecule has 2 aliphatic carbocycles. The number of nitrogens with zero attached hydrogens (tertiary/aromatic N) is 2. The molecule has 0 aliphatic heterocycles. The molecule has 0 fully saturated rings. The highest BCUT2D eigenvalue weighted by Gasteiger charge is 2.52. The first-order valence-electron chi connectivity index (χ1n) is 19.2. The zero-order valence-corrected chi connectivity index (χ0v) is 30.3. The first-order valence-corrected chi connectivity index (χ1v) is 19.2. The average Bonchev–Trinajstić information content (AvgIpc) is 3.91. The van der Waals surface area contributed by atoms with E-state index in [2.05, 4.69) is 176 Å². The van der Waals surface area contributed by atoms with Gasteiger partial charge in [-0.15, -0.1) is 0 Å². The molecule has 1 spiro atoms. The van der Waals surface area contributed by atoms with Crippen LogP contribution in [-0.4, -0.2) is 9.97 Å². The number of hydrogen-bond donors (Lipinski definition) is 0. The maximum Gasteiger partial charge on any atom is 0.160 e. The van der Waals surface area contributed by atoms with Gasteiger partial charge < -0.3 is 4.42 Å². The van der Waals surface area contributed by atoms with Gasteiger partial charge in [-0.3, -0.25) is 0 Å². The van der Waals surface area contributed by atoms with Crippen LogP contribution in [0.15, 0.2) is 199 Å². The Morgan fingerprint density at radius 3 is 1.70 bits per heavy atom. The summed E-state index contributed by atoms with van der Waals surface area (Å²) in [5.41, 5.74) is 18.6. The molecule has 260 valence electrons. The molecule has 8 aromatic carbocycles. The molecule has 0 bridgehead atoms. The molecule has 0 amide bonds. The summed E-state index contributed by atoms with van der Waals surface area (Å²) in [6, 6.07) is 69.4. The van der Waals surface area contributed by atoms with Crippen molar-refractivity contribution >= 4 is 21.9 Å². The van der Waals surface area contributed by atoms with E-state index in [9.17, 15) is 0 Å². The predicted molar refractivity (Wildman–Crippen MR) is 227 cm³/mol. The Hall–Kier alpha value is -7.36. The van der Waals surface area contributed by atoms with Gasteiger partial charge in [-0.25, -0.2) is 9.97 Å². The summed E-state index contributed by atoms with van der Waals surface area (Å²) in [6.07, 6.45) is 0. The minimum absolute atomic E-state index is 0.431. The van der Waals surface area contributed by atoms with Crippen LogP contribution in [0.2, 0.25) is 0 Å². The van der Waals surface area contributed by atoms with E-state index in [1.807, 2.05) is 18.2 Å². The van der Waals surface area contributed by atoms with Crippen LogP contribution >= 0.6 is 0 Å². The van der Waals surface area contributed by atoms with Gasteiger partial charge in [0.05, 0.1) is 16.8 Å². The highest BCUT2D eigenvalue weighted by Crippen LogP contribution is 2.63. The molecule has 2 heterocycles. The van der Waals surface area contributed by atoms with Crippen molar-refractivity contribution in [1.82, 2.24) is 9.97 Å². The normalized spacial score (nSPS) is 13.1. The molecule has 2 aromatic heterocycles.